The molecule has 1 aliphatic heterocycles. The summed E-state index contributed by atoms with van der Waals surface area (Å²) >= 11 is 0. The van der Waals surface area contributed by atoms with Gasteiger partial charge >= 0.3 is 0 Å². The van der Waals surface area contributed by atoms with Crippen molar-refractivity contribution < 1.29 is 26.0 Å². The van der Waals surface area contributed by atoms with Gasteiger partial charge in [-0.1, -0.05) is 0 Å². The fourth-order valence-electron chi connectivity index (χ4n) is 2.66. The Morgan fingerprint density at radius 3 is 2.18 bits per heavy atom. The number of nitrogens with two attached hydrogens (primary N) is 1. The van der Waals surface area contributed by atoms with E-state index in [4.69, 9.17) is 9.56 Å². The van der Waals surface area contributed by atoms with E-state index in [2.05, 4.69) is 5.32 Å². The highest BCUT2D eigenvalue weighted by molar-refractivity contribution is 7.89. The molecule has 3 rings (SSSR count). The van der Waals surface area contributed by atoms with Gasteiger partial charge in [0.15, 0.2) is 5.76 Å². The molecule has 0 unspecified atom stereocenters. The Bertz CT molecular complexity index is 1070. The molecule has 0 aliphatic carbocycles. The highest BCUT2D eigenvalue weighted by Crippen LogP contribution is 2.21. The Kier molecular flexibility index (Phi) is 5.59. The first kappa shape index (κ1) is 20.5. The average molecular weight is 428 g/mol. The second kappa shape index (κ2) is 7.64. The zero-order valence-corrected chi connectivity index (χ0v) is 16.7. The molecule has 10 nitrogen and oxygen atoms in total. The molecule has 1 fully saturated rings. The van der Waals surface area contributed by atoms with E-state index >= 15 is 0 Å². The number of primary sulfonamides is 1. The predicted molar refractivity (Wildman–Crippen MR) is 101 cm³/mol. The number of benzene rings is 1. The van der Waals surface area contributed by atoms with E-state index in [-0.39, 0.29) is 15.7 Å². The maximum atomic E-state index is 12.6. The molecule has 1 aromatic heterocycles. The number of amides is 1. The summed E-state index contributed by atoms with van der Waals surface area (Å²) in [6.45, 7) is 1.92. The van der Waals surface area contributed by atoms with Crippen LogP contribution in [0, 0.1) is 0 Å². The summed E-state index contributed by atoms with van der Waals surface area (Å²) in [5, 5.41) is 7.22. The summed E-state index contributed by atoms with van der Waals surface area (Å²) in [4.78, 5) is 14.2. The summed E-state index contributed by atoms with van der Waals surface area (Å²) in [5.41, 5.74) is 0.303. The zero-order valence-electron chi connectivity index (χ0n) is 15.0. The largest absolute Gasteiger partial charge is 0.438 e. The molecule has 0 saturated carbocycles. The number of nitrogens with zero attached hydrogens (tertiary/aromatic N) is 2. The molecule has 0 atom stereocenters. The van der Waals surface area contributed by atoms with Gasteiger partial charge in [0.25, 0.3) is 15.9 Å². The maximum absolute atomic E-state index is 12.6. The minimum absolute atomic E-state index is 0.0935. The lowest BCUT2D eigenvalue weighted by molar-refractivity contribution is 0.0991. The van der Waals surface area contributed by atoms with Crippen LogP contribution >= 0.6 is 0 Å². The van der Waals surface area contributed by atoms with E-state index < -0.39 is 26.0 Å². The quantitative estimate of drug-likeness (QED) is 0.688. The second-order valence-electron chi connectivity index (χ2n) is 6.35. The third-order valence-electron chi connectivity index (χ3n) is 4.30. The Hall–Kier alpha value is -2.25. The van der Waals surface area contributed by atoms with Crippen LogP contribution in [0.1, 0.15) is 10.6 Å². The molecule has 2 aromatic rings. The van der Waals surface area contributed by atoms with E-state index in [0.29, 0.717) is 31.9 Å². The third kappa shape index (κ3) is 4.42. The summed E-state index contributed by atoms with van der Waals surface area (Å²) in [6.07, 6.45) is 0. The summed E-state index contributed by atoms with van der Waals surface area (Å²) in [7, 11) is -5.74. The molecule has 0 radical (unpaired) electrons. The molecule has 1 aromatic carbocycles. The molecule has 3 N–H and O–H groups in total. The van der Waals surface area contributed by atoms with Gasteiger partial charge in [0.05, 0.1) is 4.90 Å². The van der Waals surface area contributed by atoms with Crippen LogP contribution in [0.4, 0.5) is 5.69 Å². The number of carbonyl (C=O) groups is 1. The van der Waals surface area contributed by atoms with Gasteiger partial charge in [-0.05, 0) is 43.4 Å². The molecule has 28 heavy (non-hydrogen) atoms. The molecule has 0 bridgehead atoms. The van der Waals surface area contributed by atoms with Crippen LogP contribution in [0.5, 0.6) is 0 Å². The number of sulfonamides is 2. The van der Waals surface area contributed by atoms with E-state index in [1.807, 2.05) is 11.9 Å². The number of anilines is 1. The Balaban J connectivity index is 1.72. The zero-order chi connectivity index (χ0) is 20.5. The normalized spacial score (nSPS) is 16.8. The monoisotopic (exact) mass is 428 g/mol. The van der Waals surface area contributed by atoms with Gasteiger partial charge < -0.3 is 14.6 Å². The molecule has 2 heterocycles. The maximum Gasteiger partial charge on any atom is 0.291 e. The first-order valence-electron chi connectivity index (χ1n) is 8.30. The van der Waals surface area contributed by atoms with Crippen molar-refractivity contribution in [2.45, 2.75) is 9.99 Å². The number of furan rings is 1. The molecular weight excluding hydrogens is 408 g/mol. The van der Waals surface area contributed by atoms with E-state index in [1.165, 1.54) is 40.7 Å². The molecule has 1 aliphatic rings. The van der Waals surface area contributed by atoms with Crippen LogP contribution < -0.4 is 10.5 Å². The standard InChI is InChI=1S/C16H20N4O6S2/c1-19-8-10-20(11-9-19)28(24,25)15-7-6-14(26-15)16(21)18-12-2-4-13(5-3-12)27(17,22)23/h2-7H,8-11H2,1H3,(H,18,21)(H2,17,22,23). The van der Waals surface area contributed by atoms with E-state index in [9.17, 15) is 21.6 Å². The van der Waals surface area contributed by atoms with Gasteiger partial charge in [-0.25, -0.2) is 22.0 Å². The molecule has 152 valence electrons. The molecule has 12 heteroatoms. The lowest BCUT2D eigenvalue weighted by Crippen LogP contribution is -2.46. The van der Waals surface area contributed by atoms with Crippen molar-refractivity contribution in [2.24, 2.45) is 5.14 Å². The average Bonchev–Trinajstić information content (AvgIpc) is 3.13. The van der Waals surface area contributed by atoms with Crippen molar-refractivity contribution >= 4 is 31.6 Å². The van der Waals surface area contributed by atoms with Gasteiger partial charge in [0, 0.05) is 31.9 Å². The lowest BCUT2D eigenvalue weighted by atomic mass is 10.3. The second-order valence-corrected chi connectivity index (χ2v) is 9.78. The van der Waals surface area contributed by atoms with E-state index in [1.54, 1.807) is 0 Å². The van der Waals surface area contributed by atoms with Gasteiger partial charge in [0.1, 0.15) is 0 Å². The van der Waals surface area contributed by atoms with Crippen molar-refractivity contribution in [3.63, 3.8) is 0 Å². The van der Waals surface area contributed by atoms with Gasteiger partial charge in [-0.3, -0.25) is 4.79 Å². The van der Waals surface area contributed by atoms with Crippen LogP contribution in [0.25, 0.3) is 0 Å². The first-order valence-corrected chi connectivity index (χ1v) is 11.3. The minimum atomic E-state index is -3.83. The number of likely N-dealkylation sites (N-methyl/N-ethyl adjacent to an activating group) is 1. The smallest absolute Gasteiger partial charge is 0.291 e. The molecular formula is C16H20N4O6S2. The van der Waals surface area contributed by atoms with Crippen LogP contribution in [-0.4, -0.2) is 65.2 Å². The van der Waals surface area contributed by atoms with Gasteiger partial charge in [-0.15, -0.1) is 0 Å². The van der Waals surface area contributed by atoms with Crippen LogP contribution in [0.3, 0.4) is 0 Å². The van der Waals surface area contributed by atoms with Crippen molar-refractivity contribution in [3.05, 3.63) is 42.2 Å². The third-order valence-corrected chi connectivity index (χ3v) is 7.00. The van der Waals surface area contributed by atoms with E-state index in [0.717, 1.165) is 0 Å². The van der Waals surface area contributed by atoms with Crippen LogP contribution in [0.2, 0.25) is 0 Å². The van der Waals surface area contributed by atoms with Crippen LogP contribution in [-0.2, 0) is 20.0 Å². The van der Waals surface area contributed by atoms with Crippen molar-refractivity contribution in [3.8, 4) is 0 Å². The Labute approximate surface area is 163 Å². The minimum Gasteiger partial charge on any atom is -0.438 e. The molecule has 0 spiro atoms. The predicted octanol–water partition coefficient (Wildman–Crippen LogP) is 0.115. The van der Waals surface area contributed by atoms with Crippen molar-refractivity contribution in [2.75, 3.05) is 38.5 Å². The number of rotatable bonds is 5. The summed E-state index contributed by atoms with van der Waals surface area (Å²) < 4.78 is 54.3. The SMILES string of the molecule is CN1CCN(S(=O)(=O)c2ccc(C(=O)Nc3ccc(S(N)(=O)=O)cc3)o2)CC1. The molecule has 1 amide bonds. The highest BCUT2D eigenvalue weighted by Gasteiger charge is 2.30. The first-order chi connectivity index (χ1) is 13.1. The topological polar surface area (TPSA) is 143 Å². The molecule has 1 saturated heterocycles. The van der Waals surface area contributed by atoms with Gasteiger partial charge in [-0.2, -0.15) is 4.31 Å². The number of nitrogens with one attached hydrogen (secondary N) is 1. The van der Waals surface area contributed by atoms with Gasteiger partial charge in [0.2, 0.25) is 15.1 Å². The van der Waals surface area contributed by atoms with Crippen molar-refractivity contribution in [1.29, 1.82) is 0 Å². The number of piperazine rings is 1. The van der Waals surface area contributed by atoms with Crippen LogP contribution in [0.15, 0.2) is 50.8 Å². The number of hydrogen-bond acceptors (Lipinski definition) is 7. The number of carbonyl (C=O) groups excluding carboxylic acids is 1. The summed E-state index contributed by atoms with van der Waals surface area (Å²) in [5.74, 6) is -0.841. The lowest BCUT2D eigenvalue weighted by Gasteiger charge is -2.30. The fraction of sp³-hybridized carbons (Fsp3) is 0.312. The Morgan fingerprint density at radius 2 is 1.61 bits per heavy atom. The number of hydrogen-bond donors (Lipinski definition) is 2. The Morgan fingerprint density at radius 1 is 1.00 bits per heavy atom. The highest BCUT2D eigenvalue weighted by atomic mass is 32.2. The van der Waals surface area contributed by atoms with Crippen molar-refractivity contribution in [1.82, 2.24) is 9.21 Å². The fourth-order valence-corrected chi connectivity index (χ4v) is 4.51. The summed E-state index contributed by atoms with van der Waals surface area (Å²) in [6, 6.07) is 7.74.